The third-order valence-electron chi connectivity index (χ3n) is 3.78. The summed E-state index contributed by atoms with van der Waals surface area (Å²) >= 11 is 7.13. The molecule has 3 rings (SSSR count). The molecule has 1 aliphatic rings. The lowest BCUT2D eigenvalue weighted by Crippen LogP contribution is -2.27. The second kappa shape index (κ2) is 7.93. The van der Waals surface area contributed by atoms with Crippen LogP contribution in [0.15, 0.2) is 47.4 Å². The molecule has 1 fully saturated rings. The molecule has 1 aliphatic heterocycles. The van der Waals surface area contributed by atoms with Crippen LogP contribution in [0.1, 0.15) is 18.1 Å². The van der Waals surface area contributed by atoms with Gasteiger partial charge in [0.15, 0.2) is 0 Å². The van der Waals surface area contributed by atoms with Crippen LogP contribution in [0, 0.1) is 5.82 Å². The quantitative estimate of drug-likeness (QED) is 0.664. The second-order valence-corrected chi connectivity index (χ2v) is 6.90. The molecule has 4 nitrogen and oxygen atoms in total. The van der Waals surface area contributed by atoms with Gasteiger partial charge in [-0.25, -0.2) is 4.39 Å². The van der Waals surface area contributed by atoms with E-state index in [0.29, 0.717) is 33.3 Å². The molecule has 0 spiro atoms. The standard InChI is InChI=1S/C19H15ClFNO3S/c1-2-22-18(23)17(26-19(22)24)10-12-7-8-16(14(20)9-12)25-11-13-5-3-4-6-15(13)21/h3-10H,2,11H2,1H3. The van der Waals surface area contributed by atoms with E-state index in [-0.39, 0.29) is 23.6 Å². The summed E-state index contributed by atoms with van der Waals surface area (Å²) < 4.78 is 19.2. The summed E-state index contributed by atoms with van der Waals surface area (Å²) in [6.07, 6.45) is 1.62. The van der Waals surface area contributed by atoms with E-state index in [2.05, 4.69) is 0 Å². The summed E-state index contributed by atoms with van der Waals surface area (Å²) in [5.74, 6) is -0.237. The lowest BCUT2D eigenvalue weighted by atomic mass is 10.2. The van der Waals surface area contributed by atoms with Crippen LogP contribution in [0.4, 0.5) is 9.18 Å². The van der Waals surface area contributed by atoms with Crippen LogP contribution >= 0.6 is 23.4 Å². The maximum Gasteiger partial charge on any atom is 0.293 e. The van der Waals surface area contributed by atoms with Crippen LogP contribution in [0.2, 0.25) is 5.02 Å². The Kier molecular flexibility index (Phi) is 5.64. The Morgan fingerprint density at radius 3 is 2.65 bits per heavy atom. The largest absolute Gasteiger partial charge is 0.487 e. The van der Waals surface area contributed by atoms with E-state index in [9.17, 15) is 14.0 Å². The number of ether oxygens (including phenoxy) is 1. The Labute approximate surface area is 159 Å². The number of nitrogens with zero attached hydrogens (tertiary/aromatic N) is 1. The number of hydrogen-bond donors (Lipinski definition) is 0. The molecule has 2 amide bonds. The lowest BCUT2D eigenvalue weighted by molar-refractivity contribution is -0.122. The molecular weight excluding hydrogens is 377 g/mol. The molecule has 26 heavy (non-hydrogen) atoms. The molecule has 0 aromatic heterocycles. The first-order chi connectivity index (χ1) is 12.5. The van der Waals surface area contributed by atoms with Gasteiger partial charge in [0, 0.05) is 12.1 Å². The van der Waals surface area contributed by atoms with Gasteiger partial charge < -0.3 is 4.74 Å². The van der Waals surface area contributed by atoms with Crippen molar-refractivity contribution in [2.24, 2.45) is 0 Å². The third kappa shape index (κ3) is 3.92. The fourth-order valence-corrected chi connectivity index (χ4v) is 3.57. The average molecular weight is 392 g/mol. The van der Waals surface area contributed by atoms with Crippen molar-refractivity contribution in [2.45, 2.75) is 13.5 Å². The number of thioether (sulfide) groups is 1. The van der Waals surface area contributed by atoms with Crippen LogP contribution < -0.4 is 4.74 Å². The molecular formula is C19H15ClFNO3S. The van der Waals surface area contributed by atoms with Crippen molar-refractivity contribution in [3.05, 3.63) is 69.3 Å². The summed E-state index contributed by atoms with van der Waals surface area (Å²) in [6.45, 7) is 2.14. The summed E-state index contributed by atoms with van der Waals surface area (Å²) in [5.41, 5.74) is 1.11. The van der Waals surface area contributed by atoms with E-state index < -0.39 is 0 Å². The highest BCUT2D eigenvalue weighted by Crippen LogP contribution is 2.33. The zero-order valence-electron chi connectivity index (χ0n) is 13.9. The van der Waals surface area contributed by atoms with Gasteiger partial charge in [-0.1, -0.05) is 35.9 Å². The molecule has 0 N–H and O–H groups in total. The molecule has 0 saturated carbocycles. The van der Waals surface area contributed by atoms with Crippen LogP contribution in [0.5, 0.6) is 5.75 Å². The number of rotatable bonds is 5. The molecule has 7 heteroatoms. The zero-order valence-corrected chi connectivity index (χ0v) is 15.4. The first kappa shape index (κ1) is 18.5. The Hall–Kier alpha value is -2.31. The Morgan fingerprint density at radius 2 is 2.00 bits per heavy atom. The summed E-state index contributed by atoms with van der Waals surface area (Å²) in [4.78, 5) is 25.4. The monoisotopic (exact) mass is 391 g/mol. The number of hydrogen-bond acceptors (Lipinski definition) is 4. The summed E-state index contributed by atoms with van der Waals surface area (Å²) in [5, 5.41) is 0.0597. The molecule has 2 aromatic carbocycles. The van der Waals surface area contributed by atoms with Gasteiger partial charge in [-0.3, -0.25) is 14.5 Å². The molecule has 0 unspecified atom stereocenters. The van der Waals surface area contributed by atoms with Gasteiger partial charge in [0.25, 0.3) is 11.1 Å². The highest BCUT2D eigenvalue weighted by molar-refractivity contribution is 8.18. The fourth-order valence-electron chi connectivity index (χ4n) is 2.42. The van der Waals surface area contributed by atoms with Crippen molar-refractivity contribution in [3.63, 3.8) is 0 Å². The number of imide groups is 1. The van der Waals surface area contributed by atoms with E-state index in [4.69, 9.17) is 16.3 Å². The molecule has 0 bridgehead atoms. The molecule has 2 aromatic rings. The van der Waals surface area contributed by atoms with E-state index in [0.717, 1.165) is 11.8 Å². The van der Waals surface area contributed by atoms with Crippen LogP contribution in [-0.4, -0.2) is 22.6 Å². The van der Waals surface area contributed by atoms with Crippen molar-refractivity contribution >= 4 is 40.6 Å². The van der Waals surface area contributed by atoms with Gasteiger partial charge in [0.1, 0.15) is 18.2 Å². The van der Waals surface area contributed by atoms with Gasteiger partial charge in [-0.15, -0.1) is 0 Å². The van der Waals surface area contributed by atoms with E-state index in [1.807, 2.05) is 0 Å². The number of carbonyl (C=O) groups is 2. The summed E-state index contributed by atoms with van der Waals surface area (Å²) in [7, 11) is 0. The number of benzene rings is 2. The van der Waals surface area contributed by atoms with Gasteiger partial charge in [-0.05, 0) is 48.5 Å². The second-order valence-electron chi connectivity index (χ2n) is 5.50. The van der Waals surface area contributed by atoms with Gasteiger partial charge in [0.05, 0.1) is 9.93 Å². The van der Waals surface area contributed by atoms with Crippen LogP contribution in [-0.2, 0) is 11.4 Å². The highest BCUT2D eigenvalue weighted by Gasteiger charge is 2.33. The molecule has 0 atom stereocenters. The van der Waals surface area contributed by atoms with Crippen molar-refractivity contribution < 1.29 is 18.7 Å². The lowest BCUT2D eigenvalue weighted by Gasteiger charge is -2.09. The first-order valence-corrected chi connectivity index (χ1v) is 9.10. The molecule has 1 saturated heterocycles. The van der Waals surface area contributed by atoms with Gasteiger partial charge >= 0.3 is 0 Å². The number of amides is 2. The minimum Gasteiger partial charge on any atom is -0.487 e. The third-order valence-corrected chi connectivity index (χ3v) is 4.99. The van der Waals surface area contributed by atoms with Crippen molar-refractivity contribution in [3.8, 4) is 5.75 Å². The van der Waals surface area contributed by atoms with Crippen LogP contribution in [0.3, 0.4) is 0 Å². The van der Waals surface area contributed by atoms with E-state index in [1.165, 1.54) is 11.0 Å². The summed E-state index contributed by atoms with van der Waals surface area (Å²) in [6, 6.07) is 11.4. The molecule has 0 radical (unpaired) electrons. The molecule has 1 heterocycles. The van der Waals surface area contributed by atoms with Crippen LogP contribution in [0.25, 0.3) is 6.08 Å². The number of halogens is 2. The topological polar surface area (TPSA) is 46.6 Å². The molecule has 134 valence electrons. The first-order valence-electron chi connectivity index (χ1n) is 7.90. The van der Waals surface area contributed by atoms with Crippen molar-refractivity contribution in [1.29, 1.82) is 0 Å². The Balaban J connectivity index is 1.74. The predicted molar refractivity (Wildman–Crippen MR) is 101 cm³/mol. The minimum absolute atomic E-state index is 0.0567. The maximum atomic E-state index is 13.6. The molecule has 0 aliphatic carbocycles. The smallest absolute Gasteiger partial charge is 0.293 e. The SMILES string of the molecule is CCN1C(=O)SC(=Cc2ccc(OCc3ccccc3F)c(Cl)c2)C1=O. The zero-order chi connectivity index (χ0) is 18.7. The fraction of sp³-hybridized carbons (Fsp3) is 0.158. The number of likely N-dealkylation sites (N-methyl/N-ethyl adjacent to an activating group) is 1. The van der Waals surface area contributed by atoms with Crippen molar-refractivity contribution in [1.82, 2.24) is 4.90 Å². The maximum absolute atomic E-state index is 13.6. The normalized spacial score (nSPS) is 15.8. The predicted octanol–water partition coefficient (Wildman–Crippen LogP) is 5.11. The average Bonchev–Trinajstić information content (AvgIpc) is 2.88. The van der Waals surface area contributed by atoms with E-state index >= 15 is 0 Å². The van der Waals surface area contributed by atoms with Gasteiger partial charge in [-0.2, -0.15) is 0 Å². The van der Waals surface area contributed by atoms with Crippen molar-refractivity contribution in [2.75, 3.05) is 6.54 Å². The Bertz CT molecular complexity index is 900. The highest BCUT2D eigenvalue weighted by atomic mass is 35.5. The number of carbonyl (C=O) groups excluding carboxylic acids is 2. The van der Waals surface area contributed by atoms with E-state index in [1.54, 1.807) is 49.4 Å². The van der Waals surface area contributed by atoms with Gasteiger partial charge in [0.2, 0.25) is 0 Å². The minimum atomic E-state index is -0.341. The Morgan fingerprint density at radius 1 is 1.23 bits per heavy atom.